The number of Topliss-reactive ketones (excluding diaryl/α,β-unsaturated/α-hetero) is 1. The topological polar surface area (TPSA) is 146 Å². The molecule has 6 rings (SSSR count). The molecule has 1 aromatic carbocycles. The predicted octanol–water partition coefficient (Wildman–Crippen LogP) is 4.00. The molecule has 0 radical (unpaired) electrons. The van der Waals surface area contributed by atoms with Gasteiger partial charge < -0.3 is 10.2 Å². The smallest absolute Gasteiger partial charge is 0.274 e. The van der Waals surface area contributed by atoms with Gasteiger partial charge in [-0.15, -0.1) is 0 Å². The molecule has 1 saturated carbocycles. The molecule has 2 fully saturated rings. The number of hydroxylamine groups is 1. The number of ketones is 1. The van der Waals surface area contributed by atoms with E-state index in [0.717, 1.165) is 69.7 Å². The summed E-state index contributed by atoms with van der Waals surface area (Å²) in [5, 5.41) is 12.7. The van der Waals surface area contributed by atoms with Crippen LogP contribution >= 0.6 is 0 Å². The Hall–Kier alpha value is -4.68. The molecule has 228 valence electrons. The lowest BCUT2D eigenvalue weighted by Gasteiger charge is -2.36. The van der Waals surface area contributed by atoms with Gasteiger partial charge in [0.25, 0.3) is 11.5 Å². The Balaban J connectivity index is 1.13. The number of pyridine rings is 2. The van der Waals surface area contributed by atoms with Crippen LogP contribution in [-0.2, 0) is 6.54 Å². The summed E-state index contributed by atoms with van der Waals surface area (Å²) in [5.41, 5.74) is 5.31. The first-order chi connectivity index (χ1) is 21.3. The fraction of sp³-hybridized carbons (Fsp3) is 0.375. The zero-order chi connectivity index (χ0) is 30.8. The van der Waals surface area contributed by atoms with Gasteiger partial charge in [0.1, 0.15) is 11.5 Å². The summed E-state index contributed by atoms with van der Waals surface area (Å²) in [4.78, 5) is 55.9. The third-order valence-electron chi connectivity index (χ3n) is 8.70. The number of hydrogen-bond donors (Lipinski definition) is 3. The van der Waals surface area contributed by atoms with E-state index in [1.165, 1.54) is 6.92 Å². The molecule has 0 atom stereocenters. The van der Waals surface area contributed by atoms with E-state index in [9.17, 15) is 14.4 Å². The van der Waals surface area contributed by atoms with Gasteiger partial charge in [-0.3, -0.25) is 29.1 Å². The molecule has 4 heterocycles. The lowest BCUT2D eigenvalue weighted by molar-refractivity contribution is 0.0706. The molecule has 12 nitrogen and oxygen atoms in total. The fourth-order valence-electron chi connectivity index (χ4n) is 6.32. The maximum absolute atomic E-state index is 13.5. The number of carbonyl (C=O) groups excluding carboxylic acids is 2. The Morgan fingerprint density at radius 2 is 1.70 bits per heavy atom. The number of nitrogens with one attached hydrogen (secondary N) is 2. The van der Waals surface area contributed by atoms with Crippen LogP contribution in [-0.4, -0.2) is 67.5 Å². The van der Waals surface area contributed by atoms with Crippen molar-refractivity contribution in [2.24, 2.45) is 0 Å². The molecule has 4 aromatic rings. The Bertz CT molecular complexity index is 1740. The van der Waals surface area contributed by atoms with Crippen molar-refractivity contribution < 1.29 is 14.8 Å². The number of carbonyl (C=O) groups is 2. The third-order valence-corrected chi connectivity index (χ3v) is 8.70. The number of hydrogen-bond acceptors (Lipinski definition) is 10. The summed E-state index contributed by atoms with van der Waals surface area (Å²) >= 11 is 0. The van der Waals surface area contributed by atoms with Gasteiger partial charge in [0.2, 0.25) is 5.95 Å². The Labute approximate surface area is 254 Å². The molecule has 0 bridgehead atoms. The van der Waals surface area contributed by atoms with Gasteiger partial charge >= 0.3 is 0 Å². The van der Waals surface area contributed by atoms with Crippen molar-refractivity contribution in [2.75, 3.05) is 36.4 Å². The fourth-order valence-corrected chi connectivity index (χ4v) is 6.32. The highest BCUT2D eigenvalue weighted by Gasteiger charge is 2.26. The lowest BCUT2D eigenvalue weighted by Crippen LogP contribution is -2.46. The third kappa shape index (κ3) is 5.90. The summed E-state index contributed by atoms with van der Waals surface area (Å²) in [7, 11) is 0. The van der Waals surface area contributed by atoms with Crippen molar-refractivity contribution in [2.45, 2.75) is 52.1 Å². The summed E-state index contributed by atoms with van der Waals surface area (Å²) in [5.74, 6) is 0.180. The number of nitrogens with zero attached hydrogens (tertiary/aromatic N) is 6. The van der Waals surface area contributed by atoms with Gasteiger partial charge in [-0.05, 0) is 62.1 Å². The summed E-state index contributed by atoms with van der Waals surface area (Å²) in [6.45, 7) is 7.49. The number of aromatic nitrogens is 4. The number of aryl methyl sites for hydroxylation is 1. The minimum Gasteiger partial charge on any atom is -0.368 e. The number of rotatable bonds is 8. The van der Waals surface area contributed by atoms with Crippen molar-refractivity contribution in [1.29, 1.82) is 0 Å². The second-order valence-electron chi connectivity index (χ2n) is 11.5. The quantitative estimate of drug-likeness (QED) is 0.155. The highest BCUT2D eigenvalue weighted by Crippen LogP contribution is 2.32. The number of benzene rings is 1. The highest BCUT2D eigenvalue weighted by molar-refractivity contribution is 5.99. The van der Waals surface area contributed by atoms with Crippen LogP contribution in [0.5, 0.6) is 0 Å². The average molecular weight is 597 g/mol. The highest BCUT2D eigenvalue weighted by atomic mass is 16.5. The van der Waals surface area contributed by atoms with Crippen LogP contribution in [0.4, 0.5) is 17.5 Å². The maximum Gasteiger partial charge on any atom is 0.274 e. The number of piperazine rings is 1. The van der Waals surface area contributed by atoms with Gasteiger partial charge in [-0.2, -0.15) is 4.98 Å². The summed E-state index contributed by atoms with van der Waals surface area (Å²) in [6.07, 6.45) is 7.39. The molecule has 2 aliphatic rings. The van der Waals surface area contributed by atoms with Gasteiger partial charge in [0, 0.05) is 55.9 Å². The van der Waals surface area contributed by atoms with Gasteiger partial charge in [0.05, 0.1) is 17.4 Å². The van der Waals surface area contributed by atoms with Crippen molar-refractivity contribution in [3.63, 3.8) is 0 Å². The molecule has 3 N–H and O–H groups in total. The number of amides is 1. The lowest BCUT2D eigenvalue weighted by atomic mass is 10.0. The largest absolute Gasteiger partial charge is 0.368 e. The molecule has 3 aromatic heterocycles. The first-order valence-corrected chi connectivity index (χ1v) is 15.0. The van der Waals surface area contributed by atoms with E-state index in [-0.39, 0.29) is 22.9 Å². The van der Waals surface area contributed by atoms with Crippen LogP contribution in [0.1, 0.15) is 70.5 Å². The van der Waals surface area contributed by atoms with Crippen LogP contribution in [0.15, 0.2) is 53.6 Å². The molecule has 0 unspecified atom stereocenters. The first kappa shape index (κ1) is 29.4. The molecule has 1 aliphatic heterocycles. The molecule has 1 aliphatic carbocycles. The minimum atomic E-state index is -0.519. The van der Waals surface area contributed by atoms with E-state index in [1.54, 1.807) is 35.3 Å². The summed E-state index contributed by atoms with van der Waals surface area (Å²) < 4.78 is 1.71. The van der Waals surface area contributed by atoms with Gasteiger partial charge in [0.15, 0.2) is 5.78 Å². The zero-order valence-electron chi connectivity index (χ0n) is 24.9. The number of fused-ring (bicyclic) bond motifs is 1. The van der Waals surface area contributed by atoms with Crippen molar-refractivity contribution >= 4 is 40.2 Å². The van der Waals surface area contributed by atoms with Crippen LogP contribution < -0.4 is 21.3 Å². The molecule has 44 heavy (non-hydrogen) atoms. The summed E-state index contributed by atoms with van der Waals surface area (Å²) in [6, 6.07) is 11.2. The zero-order valence-corrected chi connectivity index (χ0v) is 24.9. The van der Waals surface area contributed by atoms with E-state index in [2.05, 4.69) is 25.1 Å². The average Bonchev–Trinajstić information content (AvgIpc) is 3.56. The molecule has 1 saturated heterocycles. The van der Waals surface area contributed by atoms with E-state index < -0.39 is 5.91 Å². The molecule has 12 heteroatoms. The first-order valence-electron chi connectivity index (χ1n) is 15.0. The Morgan fingerprint density at radius 1 is 0.977 bits per heavy atom. The standard InChI is InChI=1S/C32H36N8O4/c1-20-26-18-34-32(36-29(26)40(24-5-3-4-6-24)31(43)28(20)21(2)41)35-27-12-11-25(17-33-27)39-15-13-38(14-16-39)19-22-7-9-23(10-8-22)30(42)37-44/h7-12,17-18,24,44H,3-6,13-16,19H2,1-2H3,(H,37,42)(H,33,34,35,36). The molecular weight excluding hydrogens is 560 g/mol. The van der Waals surface area contributed by atoms with E-state index in [4.69, 9.17) is 10.2 Å². The second kappa shape index (κ2) is 12.5. The predicted molar refractivity (Wildman–Crippen MR) is 167 cm³/mol. The van der Waals surface area contributed by atoms with E-state index in [0.29, 0.717) is 33.9 Å². The molecular formula is C32H36N8O4. The van der Waals surface area contributed by atoms with Crippen LogP contribution in [0.2, 0.25) is 0 Å². The van der Waals surface area contributed by atoms with Crippen LogP contribution in [0, 0.1) is 6.92 Å². The number of anilines is 3. The van der Waals surface area contributed by atoms with Crippen LogP contribution in [0.3, 0.4) is 0 Å². The minimum absolute atomic E-state index is 0.0185. The van der Waals surface area contributed by atoms with Crippen molar-refractivity contribution in [3.05, 3.63) is 81.4 Å². The molecule has 1 amide bonds. The normalized spacial score (nSPS) is 15.9. The molecule has 0 spiro atoms. The second-order valence-corrected chi connectivity index (χ2v) is 11.5. The van der Waals surface area contributed by atoms with Crippen molar-refractivity contribution in [3.8, 4) is 0 Å². The monoisotopic (exact) mass is 596 g/mol. The maximum atomic E-state index is 13.5. The Kier molecular flexibility index (Phi) is 8.36. The van der Waals surface area contributed by atoms with Crippen LogP contribution in [0.25, 0.3) is 11.0 Å². The van der Waals surface area contributed by atoms with Gasteiger partial charge in [-0.1, -0.05) is 25.0 Å². The Morgan fingerprint density at radius 3 is 2.34 bits per heavy atom. The van der Waals surface area contributed by atoms with Crippen molar-refractivity contribution in [1.82, 2.24) is 29.9 Å². The SMILES string of the molecule is CC(=O)c1c(C)c2cnc(Nc3ccc(N4CCN(Cc5ccc(C(=O)NO)cc5)CC4)cn3)nc2n(C2CCCC2)c1=O. The van der Waals surface area contributed by atoms with E-state index in [1.807, 2.05) is 30.5 Å². The van der Waals surface area contributed by atoms with Gasteiger partial charge in [-0.25, -0.2) is 15.4 Å². The van der Waals surface area contributed by atoms with E-state index >= 15 is 0 Å².